The van der Waals surface area contributed by atoms with Crippen LogP contribution in [0.4, 0.5) is 0 Å². The standard InChI is InChI=1S/C11H11O2.Zn/c1-13-11(12)10-5-3-2-4-9(10)8-6-7-8;/h2-5H,6-7H2,1H3;/q-1;. The van der Waals surface area contributed by atoms with Crippen molar-refractivity contribution in [3.05, 3.63) is 41.3 Å². The molecule has 1 aliphatic carbocycles. The van der Waals surface area contributed by atoms with Gasteiger partial charge in [0.2, 0.25) is 0 Å². The van der Waals surface area contributed by atoms with Crippen molar-refractivity contribution in [2.45, 2.75) is 12.8 Å². The molecule has 0 saturated heterocycles. The Bertz CT molecular complexity index is 332. The summed E-state index contributed by atoms with van der Waals surface area (Å²) >= 11 is 0. The molecule has 0 amide bonds. The summed E-state index contributed by atoms with van der Waals surface area (Å²) in [7, 11) is 1.41. The zero-order valence-electron chi connectivity index (χ0n) is 8.25. The molecule has 0 aliphatic heterocycles. The largest absolute Gasteiger partial charge is 0.475 e. The van der Waals surface area contributed by atoms with Crippen LogP contribution in [0.5, 0.6) is 0 Å². The van der Waals surface area contributed by atoms with Crippen LogP contribution in [-0.4, -0.2) is 13.1 Å². The van der Waals surface area contributed by atoms with E-state index in [0.717, 1.165) is 18.4 Å². The first-order chi connectivity index (χ1) is 6.33. The van der Waals surface area contributed by atoms with Gasteiger partial charge in [-0.2, -0.15) is 17.5 Å². The second-order valence-corrected chi connectivity index (χ2v) is 3.14. The second kappa shape index (κ2) is 4.61. The van der Waals surface area contributed by atoms with Crippen molar-refractivity contribution >= 4 is 5.97 Å². The fourth-order valence-corrected chi connectivity index (χ4v) is 1.41. The van der Waals surface area contributed by atoms with Crippen LogP contribution < -0.4 is 0 Å². The molecule has 1 aromatic rings. The van der Waals surface area contributed by atoms with Crippen molar-refractivity contribution in [3.8, 4) is 0 Å². The topological polar surface area (TPSA) is 26.3 Å². The molecule has 0 atom stereocenters. The van der Waals surface area contributed by atoms with Gasteiger partial charge in [0.05, 0.1) is 7.11 Å². The molecule has 70 valence electrons. The Balaban J connectivity index is 0.000000980. The van der Waals surface area contributed by atoms with Crippen LogP contribution >= 0.6 is 0 Å². The van der Waals surface area contributed by atoms with Gasteiger partial charge in [-0.3, -0.25) is 4.79 Å². The molecule has 0 aromatic heterocycles. The SMILES string of the molecule is COC(=O)c1ccccc1[C-]1CC1.[Zn]. The number of esters is 1. The first-order valence-electron chi connectivity index (χ1n) is 4.35. The minimum absolute atomic E-state index is 0. The molecule has 0 spiro atoms. The molecule has 0 heterocycles. The van der Waals surface area contributed by atoms with Crippen LogP contribution in [-0.2, 0) is 24.2 Å². The van der Waals surface area contributed by atoms with Crippen molar-refractivity contribution in [3.63, 3.8) is 0 Å². The van der Waals surface area contributed by atoms with Gasteiger partial charge in [0.15, 0.2) is 0 Å². The van der Waals surface area contributed by atoms with Crippen LogP contribution in [0.15, 0.2) is 24.3 Å². The molecule has 1 saturated carbocycles. The Hall–Kier alpha value is -0.817. The number of carbonyl (C=O) groups is 1. The molecular formula is C11H11O2Zn-. The van der Waals surface area contributed by atoms with Gasteiger partial charge in [-0.05, 0) is 5.56 Å². The van der Waals surface area contributed by atoms with Gasteiger partial charge in [0.25, 0.3) is 5.97 Å². The van der Waals surface area contributed by atoms with Crippen molar-refractivity contribution in [1.82, 2.24) is 0 Å². The predicted molar refractivity (Wildman–Crippen MR) is 49.4 cm³/mol. The van der Waals surface area contributed by atoms with Gasteiger partial charge in [-0.15, -0.1) is 12.1 Å². The summed E-state index contributed by atoms with van der Waals surface area (Å²) in [6.45, 7) is 0. The maximum atomic E-state index is 11.3. The van der Waals surface area contributed by atoms with E-state index < -0.39 is 0 Å². The first-order valence-corrected chi connectivity index (χ1v) is 4.35. The molecule has 0 bridgehead atoms. The Morgan fingerprint density at radius 1 is 1.36 bits per heavy atom. The number of ether oxygens (including phenoxy) is 1. The number of hydrogen-bond donors (Lipinski definition) is 0. The molecule has 1 aromatic carbocycles. The van der Waals surface area contributed by atoms with Crippen LogP contribution in [0.25, 0.3) is 0 Å². The van der Waals surface area contributed by atoms with E-state index in [1.165, 1.54) is 13.0 Å². The molecule has 0 unspecified atom stereocenters. The molecule has 3 heteroatoms. The van der Waals surface area contributed by atoms with Gasteiger partial charge in [0, 0.05) is 19.5 Å². The first kappa shape index (κ1) is 11.3. The van der Waals surface area contributed by atoms with E-state index in [0.29, 0.717) is 5.56 Å². The second-order valence-electron chi connectivity index (χ2n) is 3.14. The summed E-state index contributed by atoms with van der Waals surface area (Å²) < 4.78 is 4.70. The van der Waals surface area contributed by atoms with Crippen LogP contribution in [0.1, 0.15) is 28.8 Å². The summed E-state index contributed by atoms with van der Waals surface area (Å²) in [4.78, 5) is 11.3. The molecule has 14 heavy (non-hydrogen) atoms. The Kier molecular flexibility index (Phi) is 3.71. The fraction of sp³-hybridized carbons (Fsp3) is 0.273. The third-order valence-corrected chi connectivity index (χ3v) is 2.21. The summed E-state index contributed by atoms with van der Waals surface area (Å²) in [5.41, 5.74) is 1.76. The van der Waals surface area contributed by atoms with Crippen molar-refractivity contribution in [2.24, 2.45) is 0 Å². The van der Waals surface area contributed by atoms with Gasteiger partial charge in [-0.1, -0.05) is 18.9 Å². The molecule has 1 fully saturated rings. The number of benzene rings is 1. The van der Waals surface area contributed by atoms with E-state index in [1.807, 2.05) is 24.3 Å². The molecule has 2 nitrogen and oxygen atoms in total. The normalized spacial score (nSPS) is 13.1. The average Bonchev–Trinajstić information content (AvgIpc) is 3.00. The molecule has 0 radical (unpaired) electrons. The summed E-state index contributed by atoms with van der Waals surface area (Å²) in [6, 6.07) is 7.60. The van der Waals surface area contributed by atoms with Crippen LogP contribution in [0, 0.1) is 5.92 Å². The van der Waals surface area contributed by atoms with Crippen molar-refractivity contribution < 1.29 is 29.0 Å². The Morgan fingerprint density at radius 3 is 2.57 bits per heavy atom. The number of rotatable bonds is 2. The number of hydrogen-bond acceptors (Lipinski definition) is 2. The molecule has 1 aliphatic rings. The van der Waals surface area contributed by atoms with Crippen molar-refractivity contribution in [1.29, 1.82) is 0 Å². The van der Waals surface area contributed by atoms with E-state index >= 15 is 0 Å². The Morgan fingerprint density at radius 2 is 2.00 bits per heavy atom. The zero-order chi connectivity index (χ0) is 9.26. The smallest absolute Gasteiger partial charge is 0.281 e. The fourth-order valence-electron chi connectivity index (χ4n) is 1.41. The third kappa shape index (κ3) is 2.16. The van der Waals surface area contributed by atoms with Crippen LogP contribution in [0.2, 0.25) is 0 Å². The van der Waals surface area contributed by atoms with E-state index in [2.05, 4.69) is 0 Å². The zero-order valence-corrected chi connectivity index (χ0v) is 11.2. The molecule has 2 rings (SSSR count). The quantitative estimate of drug-likeness (QED) is 0.450. The van der Waals surface area contributed by atoms with Gasteiger partial charge in [-0.25, -0.2) is 0 Å². The van der Waals surface area contributed by atoms with E-state index in [-0.39, 0.29) is 25.4 Å². The Labute approximate surface area is 96.4 Å². The van der Waals surface area contributed by atoms with Crippen LogP contribution in [0.3, 0.4) is 0 Å². The van der Waals surface area contributed by atoms with E-state index in [1.54, 1.807) is 0 Å². The number of methoxy groups -OCH3 is 1. The van der Waals surface area contributed by atoms with E-state index in [4.69, 9.17) is 4.74 Å². The van der Waals surface area contributed by atoms with Gasteiger partial charge < -0.3 is 4.74 Å². The third-order valence-electron chi connectivity index (χ3n) is 2.21. The molecule has 0 N–H and O–H groups in total. The number of carbonyl (C=O) groups excluding carboxylic acids is 1. The van der Waals surface area contributed by atoms with Gasteiger partial charge in [0.1, 0.15) is 0 Å². The summed E-state index contributed by atoms with van der Waals surface area (Å²) in [6.07, 6.45) is 2.24. The maximum absolute atomic E-state index is 11.3. The molecular weight excluding hydrogens is 230 g/mol. The van der Waals surface area contributed by atoms with Crippen molar-refractivity contribution in [2.75, 3.05) is 7.11 Å². The minimum Gasteiger partial charge on any atom is -0.475 e. The van der Waals surface area contributed by atoms with Gasteiger partial charge >= 0.3 is 0 Å². The minimum atomic E-state index is -0.241. The predicted octanol–water partition coefficient (Wildman–Crippen LogP) is 2.19. The average molecular weight is 241 g/mol. The summed E-state index contributed by atoms with van der Waals surface area (Å²) in [5.74, 6) is 1.12. The maximum Gasteiger partial charge on any atom is 0.281 e. The monoisotopic (exact) mass is 239 g/mol. The summed E-state index contributed by atoms with van der Waals surface area (Å²) in [5, 5.41) is 0. The van der Waals surface area contributed by atoms with E-state index in [9.17, 15) is 4.79 Å².